The number of carbonyl (C=O) groups is 1. The van der Waals surface area contributed by atoms with Crippen LogP contribution >= 0.6 is 0 Å². The van der Waals surface area contributed by atoms with Crippen molar-refractivity contribution in [2.45, 2.75) is 19.8 Å². The Balaban J connectivity index is 1.74. The Kier molecular flexibility index (Phi) is 5.56. The molecule has 0 bridgehead atoms. The van der Waals surface area contributed by atoms with Gasteiger partial charge in [0.1, 0.15) is 0 Å². The minimum Gasteiger partial charge on any atom is -0.325 e. The molecule has 20 heavy (non-hydrogen) atoms. The van der Waals surface area contributed by atoms with Crippen LogP contribution in [0.25, 0.3) is 0 Å². The second kappa shape index (κ2) is 7.41. The van der Waals surface area contributed by atoms with Gasteiger partial charge in [0.25, 0.3) is 0 Å². The molecule has 110 valence electrons. The number of nitrogens with one attached hydrogen (secondary N) is 2. The first-order valence-electron chi connectivity index (χ1n) is 7.39. The Labute approximate surface area is 121 Å². The van der Waals surface area contributed by atoms with Crippen molar-refractivity contribution < 1.29 is 4.79 Å². The van der Waals surface area contributed by atoms with E-state index in [4.69, 9.17) is 0 Å². The Morgan fingerprint density at radius 3 is 2.60 bits per heavy atom. The van der Waals surface area contributed by atoms with Crippen molar-refractivity contribution in [2.75, 3.05) is 38.5 Å². The summed E-state index contributed by atoms with van der Waals surface area (Å²) < 4.78 is 0. The van der Waals surface area contributed by atoms with Gasteiger partial charge in [0.05, 0.1) is 6.54 Å². The van der Waals surface area contributed by atoms with Crippen molar-refractivity contribution in [2.24, 2.45) is 5.92 Å². The van der Waals surface area contributed by atoms with E-state index in [1.165, 1.54) is 18.4 Å². The number of nitrogens with zero attached hydrogens (tertiary/aromatic N) is 1. The van der Waals surface area contributed by atoms with Crippen molar-refractivity contribution in [1.82, 2.24) is 10.2 Å². The summed E-state index contributed by atoms with van der Waals surface area (Å²) in [5, 5.41) is 6.31. The molecule has 2 rings (SSSR count). The van der Waals surface area contributed by atoms with E-state index < -0.39 is 0 Å². The van der Waals surface area contributed by atoms with Gasteiger partial charge < -0.3 is 10.6 Å². The van der Waals surface area contributed by atoms with Gasteiger partial charge in [-0.3, -0.25) is 9.69 Å². The summed E-state index contributed by atoms with van der Waals surface area (Å²) in [6, 6.07) is 7.91. The molecule has 0 unspecified atom stereocenters. The molecule has 1 fully saturated rings. The molecule has 1 aromatic rings. The number of benzene rings is 1. The van der Waals surface area contributed by atoms with Gasteiger partial charge in [-0.25, -0.2) is 0 Å². The highest BCUT2D eigenvalue weighted by atomic mass is 16.2. The lowest BCUT2D eigenvalue weighted by molar-refractivity contribution is -0.117. The van der Waals surface area contributed by atoms with E-state index >= 15 is 0 Å². The molecule has 1 aromatic carbocycles. The summed E-state index contributed by atoms with van der Waals surface area (Å²) in [4.78, 5) is 14.1. The molecule has 4 heteroatoms. The Morgan fingerprint density at radius 1 is 1.30 bits per heavy atom. The predicted molar refractivity (Wildman–Crippen MR) is 82.9 cm³/mol. The van der Waals surface area contributed by atoms with E-state index in [1.54, 1.807) is 0 Å². The number of amides is 1. The molecule has 2 N–H and O–H groups in total. The van der Waals surface area contributed by atoms with Gasteiger partial charge in [-0.15, -0.1) is 0 Å². The molecule has 0 radical (unpaired) electrons. The molecule has 0 saturated carbocycles. The molecular formula is C16H25N3O. The standard InChI is InChI=1S/C16H25N3O/c1-13-3-5-15(6-4-13)18-16(20)12-19(2)11-14-7-9-17-10-8-14/h3-6,14,17H,7-12H2,1-2H3,(H,18,20). The molecular weight excluding hydrogens is 250 g/mol. The van der Waals surface area contributed by atoms with Crippen LogP contribution < -0.4 is 10.6 Å². The van der Waals surface area contributed by atoms with Gasteiger partial charge in [0.15, 0.2) is 0 Å². The second-order valence-corrected chi connectivity index (χ2v) is 5.80. The van der Waals surface area contributed by atoms with Gasteiger partial charge in [0, 0.05) is 12.2 Å². The number of hydrogen-bond donors (Lipinski definition) is 2. The summed E-state index contributed by atoms with van der Waals surface area (Å²) in [6.07, 6.45) is 2.42. The maximum atomic E-state index is 12.0. The van der Waals surface area contributed by atoms with Crippen molar-refractivity contribution >= 4 is 11.6 Å². The van der Waals surface area contributed by atoms with Gasteiger partial charge in [0.2, 0.25) is 5.91 Å². The number of carbonyl (C=O) groups excluding carboxylic acids is 1. The number of aryl methyl sites for hydroxylation is 1. The lowest BCUT2D eigenvalue weighted by atomic mass is 9.98. The Hall–Kier alpha value is -1.39. The molecule has 1 amide bonds. The lowest BCUT2D eigenvalue weighted by Gasteiger charge is -2.27. The van der Waals surface area contributed by atoms with E-state index in [0.29, 0.717) is 12.5 Å². The van der Waals surface area contributed by atoms with Gasteiger partial charge in [-0.1, -0.05) is 17.7 Å². The van der Waals surface area contributed by atoms with Crippen LogP contribution in [0.4, 0.5) is 5.69 Å². The fourth-order valence-electron chi connectivity index (χ4n) is 2.65. The van der Waals surface area contributed by atoms with Crippen LogP contribution in [-0.4, -0.2) is 44.0 Å². The SMILES string of the molecule is Cc1ccc(NC(=O)CN(C)CC2CCNCC2)cc1. The number of piperidine rings is 1. The van der Waals surface area contributed by atoms with Crippen LogP contribution in [0.5, 0.6) is 0 Å². The predicted octanol–water partition coefficient (Wildman–Crippen LogP) is 1.86. The van der Waals surface area contributed by atoms with Crippen LogP contribution in [0, 0.1) is 12.8 Å². The molecule has 4 nitrogen and oxygen atoms in total. The van der Waals surface area contributed by atoms with E-state index in [1.807, 2.05) is 38.2 Å². The first-order valence-corrected chi connectivity index (χ1v) is 7.39. The minimum absolute atomic E-state index is 0.0605. The lowest BCUT2D eigenvalue weighted by Crippen LogP contribution is -2.37. The van der Waals surface area contributed by atoms with Crippen LogP contribution in [0.1, 0.15) is 18.4 Å². The van der Waals surface area contributed by atoms with Gasteiger partial charge in [-0.05, 0) is 58.0 Å². The van der Waals surface area contributed by atoms with Crippen molar-refractivity contribution in [3.05, 3.63) is 29.8 Å². The molecule has 1 heterocycles. The molecule has 0 aliphatic carbocycles. The monoisotopic (exact) mass is 275 g/mol. The Morgan fingerprint density at radius 2 is 1.95 bits per heavy atom. The highest BCUT2D eigenvalue weighted by Gasteiger charge is 2.16. The zero-order valence-corrected chi connectivity index (χ0v) is 12.5. The first kappa shape index (κ1) is 15.0. The highest BCUT2D eigenvalue weighted by Crippen LogP contribution is 2.13. The maximum Gasteiger partial charge on any atom is 0.238 e. The van der Waals surface area contributed by atoms with Crippen LogP contribution in [0.2, 0.25) is 0 Å². The summed E-state index contributed by atoms with van der Waals surface area (Å²) in [7, 11) is 2.02. The average molecular weight is 275 g/mol. The van der Waals surface area contributed by atoms with Crippen LogP contribution in [0.15, 0.2) is 24.3 Å². The summed E-state index contributed by atoms with van der Waals surface area (Å²) in [6.45, 7) is 5.71. The third-order valence-electron chi connectivity index (χ3n) is 3.78. The zero-order chi connectivity index (χ0) is 14.4. The summed E-state index contributed by atoms with van der Waals surface area (Å²) in [5.41, 5.74) is 2.07. The van der Waals surface area contributed by atoms with Crippen molar-refractivity contribution in [3.63, 3.8) is 0 Å². The normalized spacial score (nSPS) is 16.4. The number of rotatable bonds is 5. The molecule has 1 saturated heterocycles. The topological polar surface area (TPSA) is 44.4 Å². The number of likely N-dealkylation sites (N-methyl/N-ethyl adjacent to an activating group) is 1. The largest absolute Gasteiger partial charge is 0.325 e. The van der Waals surface area contributed by atoms with E-state index in [9.17, 15) is 4.79 Å². The first-order chi connectivity index (χ1) is 9.63. The summed E-state index contributed by atoms with van der Waals surface area (Å²) in [5.74, 6) is 0.777. The summed E-state index contributed by atoms with van der Waals surface area (Å²) >= 11 is 0. The smallest absolute Gasteiger partial charge is 0.238 e. The van der Waals surface area contributed by atoms with Gasteiger partial charge >= 0.3 is 0 Å². The van der Waals surface area contributed by atoms with E-state index in [0.717, 1.165) is 25.3 Å². The second-order valence-electron chi connectivity index (χ2n) is 5.80. The fraction of sp³-hybridized carbons (Fsp3) is 0.562. The quantitative estimate of drug-likeness (QED) is 0.862. The number of anilines is 1. The van der Waals surface area contributed by atoms with Crippen molar-refractivity contribution in [3.8, 4) is 0 Å². The zero-order valence-electron chi connectivity index (χ0n) is 12.5. The minimum atomic E-state index is 0.0605. The average Bonchev–Trinajstić information content (AvgIpc) is 2.42. The molecule has 0 aromatic heterocycles. The number of hydrogen-bond acceptors (Lipinski definition) is 3. The third-order valence-corrected chi connectivity index (χ3v) is 3.78. The van der Waals surface area contributed by atoms with Crippen LogP contribution in [-0.2, 0) is 4.79 Å². The maximum absolute atomic E-state index is 12.0. The Bertz CT molecular complexity index is 424. The van der Waals surface area contributed by atoms with E-state index in [-0.39, 0.29) is 5.91 Å². The fourth-order valence-corrected chi connectivity index (χ4v) is 2.65. The van der Waals surface area contributed by atoms with E-state index in [2.05, 4.69) is 15.5 Å². The molecule has 0 atom stereocenters. The van der Waals surface area contributed by atoms with Gasteiger partial charge in [-0.2, -0.15) is 0 Å². The highest BCUT2D eigenvalue weighted by molar-refractivity contribution is 5.92. The molecule has 1 aliphatic heterocycles. The van der Waals surface area contributed by atoms with Crippen molar-refractivity contribution in [1.29, 1.82) is 0 Å². The van der Waals surface area contributed by atoms with Crippen LogP contribution in [0.3, 0.4) is 0 Å². The molecule has 1 aliphatic rings. The molecule has 0 spiro atoms. The third kappa shape index (κ3) is 4.94.